The van der Waals surface area contributed by atoms with E-state index in [1.165, 1.54) is 11.1 Å². The number of hydrogen-bond acceptors (Lipinski definition) is 2. The van der Waals surface area contributed by atoms with E-state index in [1.54, 1.807) is 0 Å². The van der Waals surface area contributed by atoms with E-state index in [9.17, 15) is 0 Å². The third kappa shape index (κ3) is 7.91. The van der Waals surface area contributed by atoms with E-state index >= 15 is 0 Å². The van der Waals surface area contributed by atoms with Gasteiger partial charge in [0.05, 0.1) is 13.2 Å². The quantitative estimate of drug-likeness (QED) is 0.285. The van der Waals surface area contributed by atoms with Gasteiger partial charge in [0.25, 0.3) is 0 Å². The molecular weight excluding hydrogens is 454 g/mol. The molecule has 0 saturated heterocycles. The zero-order valence-electron chi connectivity index (χ0n) is 10.5. The summed E-state index contributed by atoms with van der Waals surface area (Å²) in [6.45, 7) is 3.13. The van der Waals surface area contributed by atoms with Crippen LogP contribution in [-0.4, -0.2) is 22.1 Å². The molecule has 1 rings (SSSR count). The van der Waals surface area contributed by atoms with Crippen LogP contribution in [0.25, 0.3) is 0 Å². The van der Waals surface area contributed by atoms with E-state index in [-0.39, 0.29) is 0 Å². The molecule has 4 heteroatoms. The summed E-state index contributed by atoms with van der Waals surface area (Å²) in [5.41, 5.74) is 2.47. The Balaban J connectivity index is 2.20. The normalized spacial score (nSPS) is 10.8. The first-order valence-electron chi connectivity index (χ1n) is 6.22. The van der Waals surface area contributed by atoms with E-state index in [0.717, 1.165) is 34.9 Å². The molecule has 0 heterocycles. The SMILES string of the molecule is ICCCOCc1ccc(COCCCI)cc1. The van der Waals surface area contributed by atoms with E-state index in [4.69, 9.17) is 9.47 Å². The molecule has 2 nitrogen and oxygen atoms in total. The van der Waals surface area contributed by atoms with Gasteiger partial charge < -0.3 is 9.47 Å². The molecule has 0 aliphatic carbocycles. The molecule has 0 aromatic heterocycles. The zero-order valence-corrected chi connectivity index (χ0v) is 14.9. The predicted octanol–water partition coefficient (Wildman–Crippen LogP) is 4.37. The van der Waals surface area contributed by atoms with Crippen LogP contribution >= 0.6 is 45.2 Å². The van der Waals surface area contributed by atoms with Crippen molar-refractivity contribution in [2.24, 2.45) is 0 Å². The van der Waals surface area contributed by atoms with Crippen LogP contribution in [0.3, 0.4) is 0 Å². The molecule has 18 heavy (non-hydrogen) atoms. The summed E-state index contributed by atoms with van der Waals surface area (Å²) >= 11 is 4.74. The lowest BCUT2D eigenvalue weighted by Gasteiger charge is -2.06. The van der Waals surface area contributed by atoms with Gasteiger partial charge in [-0.05, 0) is 24.0 Å². The van der Waals surface area contributed by atoms with E-state index in [2.05, 4.69) is 69.4 Å². The lowest BCUT2D eigenvalue weighted by Crippen LogP contribution is -1.98. The highest BCUT2D eigenvalue weighted by Crippen LogP contribution is 2.07. The van der Waals surface area contributed by atoms with Gasteiger partial charge in [-0.25, -0.2) is 0 Å². The van der Waals surface area contributed by atoms with Crippen molar-refractivity contribution in [2.45, 2.75) is 26.1 Å². The maximum Gasteiger partial charge on any atom is 0.0716 e. The molecule has 1 aromatic rings. The third-order valence-electron chi connectivity index (χ3n) is 2.41. The summed E-state index contributed by atoms with van der Waals surface area (Å²) in [5, 5.41) is 0. The lowest BCUT2D eigenvalue weighted by molar-refractivity contribution is 0.120. The fourth-order valence-corrected chi connectivity index (χ4v) is 2.05. The number of hydrogen-bond donors (Lipinski definition) is 0. The van der Waals surface area contributed by atoms with E-state index < -0.39 is 0 Å². The fourth-order valence-electron chi connectivity index (χ4n) is 1.42. The Kier molecular flexibility index (Phi) is 10.6. The Bertz CT molecular complexity index is 270. The van der Waals surface area contributed by atoms with Gasteiger partial charge in [-0.3, -0.25) is 0 Å². The van der Waals surface area contributed by atoms with Gasteiger partial charge in [0.1, 0.15) is 0 Å². The smallest absolute Gasteiger partial charge is 0.0716 e. The van der Waals surface area contributed by atoms with Crippen LogP contribution in [-0.2, 0) is 22.7 Å². The van der Waals surface area contributed by atoms with Crippen LogP contribution in [0.5, 0.6) is 0 Å². The first-order chi connectivity index (χ1) is 8.86. The maximum atomic E-state index is 5.58. The third-order valence-corrected chi connectivity index (χ3v) is 3.93. The Morgan fingerprint density at radius 3 is 1.44 bits per heavy atom. The molecule has 0 unspecified atom stereocenters. The first kappa shape index (κ1) is 16.7. The average Bonchev–Trinajstić information content (AvgIpc) is 2.41. The molecular formula is C14H20I2O2. The highest BCUT2D eigenvalue weighted by Gasteiger charge is 1.96. The van der Waals surface area contributed by atoms with Crippen LogP contribution in [0.15, 0.2) is 24.3 Å². The predicted molar refractivity (Wildman–Crippen MR) is 92.8 cm³/mol. The van der Waals surface area contributed by atoms with Gasteiger partial charge in [0.15, 0.2) is 0 Å². The van der Waals surface area contributed by atoms with Crippen molar-refractivity contribution < 1.29 is 9.47 Å². The summed E-state index contributed by atoms with van der Waals surface area (Å²) < 4.78 is 13.5. The van der Waals surface area contributed by atoms with Crippen LogP contribution in [0.4, 0.5) is 0 Å². The Hall–Kier alpha value is 0.600. The molecule has 0 fully saturated rings. The highest BCUT2D eigenvalue weighted by atomic mass is 127. The minimum absolute atomic E-state index is 0.715. The Labute approximate surface area is 137 Å². The highest BCUT2D eigenvalue weighted by molar-refractivity contribution is 14.1. The monoisotopic (exact) mass is 474 g/mol. The fraction of sp³-hybridized carbons (Fsp3) is 0.571. The van der Waals surface area contributed by atoms with Crippen molar-refractivity contribution in [3.63, 3.8) is 0 Å². The second kappa shape index (κ2) is 11.4. The molecule has 102 valence electrons. The van der Waals surface area contributed by atoms with Crippen molar-refractivity contribution in [2.75, 3.05) is 22.1 Å². The topological polar surface area (TPSA) is 18.5 Å². The molecule has 0 atom stereocenters. The standard InChI is InChI=1S/C14H20I2O2/c15-7-1-9-17-11-13-3-5-14(6-4-13)12-18-10-2-8-16/h3-6H,1-2,7-12H2. The average molecular weight is 474 g/mol. The lowest BCUT2D eigenvalue weighted by atomic mass is 10.1. The van der Waals surface area contributed by atoms with Crippen LogP contribution in [0, 0.1) is 0 Å². The summed E-state index contributed by atoms with van der Waals surface area (Å²) in [7, 11) is 0. The number of alkyl halides is 2. The second-order valence-corrected chi connectivity index (χ2v) is 6.16. The largest absolute Gasteiger partial charge is 0.377 e. The van der Waals surface area contributed by atoms with E-state index in [0.29, 0.717) is 13.2 Å². The van der Waals surface area contributed by atoms with Gasteiger partial charge in [0, 0.05) is 22.1 Å². The number of benzene rings is 1. The maximum absolute atomic E-state index is 5.58. The van der Waals surface area contributed by atoms with Gasteiger partial charge >= 0.3 is 0 Å². The summed E-state index contributed by atoms with van der Waals surface area (Å²) in [5.74, 6) is 0. The number of halogens is 2. The summed E-state index contributed by atoms with van der Waals surface area (Å²) in [6, 6.07) is 8.50. The first-order valence-corrected chi connectivity index (χ1v) is 9.27. The Morgan fingerprint density at radius 1 is 0.722 bits per heavy atom. The zero-order chi connectivity index (χ0) is 13.1. The molecule has 0 amide bonds. The van der Waals surface area contributed by atoms with Crippen molar-refractivity contribution in [1.29, 1.82) is 0 Å². The van der Waals surface area contributed by atoms with Gasteiger partial charge in [-0.1, -0.05) is 69.4 Å². The van der Waals surface area contributed by atoms with Crippen LogP contribution in [0.1, 0.15) is 24.0 Å². The van der Waals surface area contributed by atoms with Gasteiger partial charge in [0.2, 0.25) is 0 Å². The number of rotatable bonds is 10. The number of ether oxygens (including phenoxy) is 2. The summed E-state index contributed by atoms with van der Waals surface area (Å²) in [6.07, 6.45) is 2.26. The van der Waals surface area contributed by atoms with Crippen molar-refractivity contribution >= 4 is 45.2 Å². The van der Waals surface area contributed by atoms with E-state index in [1.807, 2.05) is 0 Å². The molecule has 0 aliphatic rings. The van der Waals surface area contributed by atoms with Crippen molar-refractivity contribution in [3.05, 3.63) is 35.4 Å². The van der Waals surface area contributed by atoms with Crippen molar-refractivity contribution in [1.82, 2.24) is 0 Å². The Morgan fingerprint density at radius 2 is 1.11 bits per heavy atom. The minimum atomic E-state index is 0.715. The van der Waals surface area contributed by atoms with Crippen molar-refractivity contribution in [3.8, 4) is 0 Å². The molecule has 0 radical (unpaired) electrons. The molecule has 0 spiro atoms. The molecule has 0 N–H and O–H groups in total. The van der Waals surface area contributed by atoms with Crippen LogP contribution in [0.2, 0.25) is 0 Å². The minimum Gasteiger partial charge on any atom is -0.377 e. The van der Waals surface area contributed by atoms with Gasteiger partial charge in [-0.15, -0.1) is 0 Å². The molecule has 0 saturated carbocycles. The van der Waals surface area contributed by atoms with Gasteiger partial charge in [-0.2, -0.15) is 0 Å². The molecule has 0 aliphatic heterocycles. The molecule has 1 aromatic carbocycles. The van der Waals surface area contributed by atoms with Crippen LogP contribution < -0.4 is 0 Å². The second-order valence-electron chi connectivity index (χ2n) is 4.01. The summed E-state index contributed by atoms with van der Waals surface area (Å²) in [4.78, 5) is 0. The molecule has 0 bridgehead atoms.